The number of rotatable bonds is 6. The molecule has 0 spiro atoms. The third-order valence-electron chi connectivity index (χ3n) is 6.45. The first-order valence-electron chi connectivity index (χ1n) is 12.1. The Hall–Kier alpha value is -3.46. The summed E-state index contributed by atoms with van der Waals surface area (Å²) in [6, 6.07) is 11.8. The van der Waals surface area contributed by atoms with Crippen LogP contribution in [0, 0.1) is 0 Å². The Balaban J connectivity index is 1.31. The van der Waals surface area contributed by atoms with Gasteiger partial charge in [-0.3, -0.25) is 14.6 Å². The molecule has 8 nitrogen and oxygen atoms in total. The van der Waals surface area contributed by atoms with E-state index in [0.29, 0.717) is 36.8 Å². The van der Waals surface area contributed by atoms with E-state index in [1.165, 1.54) is 17.8 Å². The Morgan fingerprint density at radius 3 is 2.40 bits per heavy atom. The van der Waals surface area contributed by atoms with Crippen LogP contribution in [0.5, 0.6) is 5.75 Å². The number of piperazine rings is 1. The molecule has 1 aromatic carbocycles. The molecule has 0 N–H and O–H groups in total. The van der Waals surface area contributed by atoms with Crippen molar-refractivity contribution < 1.29 is 14.3 Å². The number of aromatic nitrogens is 2. The standard InChI is InChI=1S/C26H29N5O3S/c32-24(30-11-5-2-6-12-30)19-34-21-17-22(20-7-3-1-4-8-20)35-25(21)26(33)31-15-13-29(14-16-31)23-18-27-9-10-28-23/h1,3-4,7-10,17-18H,2,5-6,11-16,19H2. The minimum Gasteiger partial charge on any atom is -0.482 e. The van der Waals surface area contributed by atoms with Gasteiger partial charge in [-0.2, -0.15) is 0 Å². The summed E-state index contributed by atoms with van der Waals surface area (Å²) in [4.78, 5) is 42.1. The molecule has 2 aromatic heterocycles. The van der Waals surface area contributed by atoms with Crippen LogP contribution in [-0.2, 0) is 4.79 Å². The summed E-state index contributed by atoms with van der Waals surface area (Å²) in [5.41, 5.74) is 1.02. The van der Waals surface area contributed by atoms with Crippen LogP contribution in [0.15, 0.2) is 55.0 Å². The van der Waals surface area contributed by atoms with Gasteiger partial charge in [0.15, 0.2) is 6.61 Å². The van der Waals surface area contributed by atoms with Crippen molar-refractivity contribution in [3.05, 3.63) is 59.9 Å². The fourth-order valence-corrected chi connectivity index (χ4v) is 5.56. The molecule has 2 aliphatic rings. The molecule has 0 unspecified atom stereocenters. The molecule has 2 fully saturated rings. The predicted octanol–water partition coefficient (Wildman–Crippen LogP) is 3.56. The molecule has 4 heterocycles. The highest BCUT2D eigenvalue weighted by molar-refractivity contribution is 7.17. The molecule has 2 amide bonds. The van der Waals surface area contributed by atoms with Gasteiger partial charge < -0.3 is 19.4 Å². The second kappa shape index (κ2) is 10.9. The van der Waals surface area contributed by atoms with E-state index in [9.17, 15) is 9.59 Å². The molecule has 0 saturated carbocycles. The second-order valence-corrected chi connectivity index (χ2v) is 9.80. The molecule has 2 saturated heterocycles. The summed E-state index contributed by atoms with van der Waals surface area (Å²) in [5, 5.41) is 0. The quantitative estimate of drug-likeness (QED) is 0.525. The lowest BCUT2D eigenvalue weighted by molar-refractivity contribution is -0.134. The normalized spacial score (nSPS) is 16.3. The average molecular weight is 492 g/mol. The highest BCUT2D eigenvalue weighted by Crippen LogP contribution is 2.37. The van der Waals surface area contributed by atoms with Gasteiger partial charge >= 0.3 is 0 Å². The van der Waals surface area contributed by atoms with Gasteiger partial charge in [0.25, 0.3) is 11.8 Å². The Labute approximate surface area is 209 Å². The zero-order valence-corrected chi connectivity index (χ0v) is 20.5. The van der Waals surface area contributed by atoms with Crippen LogP contribution in [0.4, 0.5) is 5.82 Å². The number of amides is 2. The van der Waals surface area contributed by atoms with Crippen molar-refractivity contribution in [1.29, 1.82) is 0 Å². The third kappa shape index (κ3) is 5.45. The SMILES string of the molecule is O=C(COc1cc(-c2ccccc2)sc1C(=O)N1CCN(c2cnccn2)CC1)N1CCCCC1. The van der Waals surface area contributed by atoms with E-state index in [-0.39, 0.29) is 18.4 Å². The number of likely N-dealkylation sites (tertiary alicyclic amines) is 1. The summed E-state index contributed by atoms with van der Waals surface area (Å²) in [7, 11) is 0. The number of hydrogen-bond donors (Lipinski definition) is 0. The number of piperidine rings is 1. The minimum atomic E-state index is -0.0589. The topological polar surface area (TPSA) is 78.9 Å². The van der Waals surface area contributed by atoms with E-state index in [4.69, 9.17) is 4.74 Å². The van der Waals surface area contributed by atoms with Crippen LogP contribution in [0.1, 0.15) is 28.9 Å². The largest absolute Gasteiger partial charge is 0.482 e. The lowest BCUT2D eigenvalue weighted by atomic mass is 10.1. The Kier molecular flexibility index (Phi) is 7.23. The van der Waals surface area contributed by atoms with Gasteiger partial charge in [0.1, 0.15) is 16.4 Å². The Bertz CT molecular complexity index is 1140. The van der Waals surface area contributed by atoms with Crippen molar-refractivity contribution in [3.8, 4) is 16.2 Å². The molecule has 35 heavy (non-hydrogen) atoms. The van der Waals surface area contributed by atoms with Gasteiger partial charge in [-0.15, -0.1) is 11.3 Å². The summed E-state index contributed by atoms with van der Waals surface area (Å²) in [6.45, 7) is 4.05. The van der Waals surface area contributed by atoms with E-state index < -0.39 is 0 Å². The van der Waals surface area contributed by atoms with Gasteiger partial charge in [0.2, 0.25) is 0 Å². The van der Waals surface area contributed by atoms with Crippen LogP contribution in [0.25, 0.3) is 10.4 Å². The van der Waals surface area contributed by atoms with Crippen LogP contribution < -0.4 is 9.64 Å². The van der Waals surface area contributed by atoms with Crippen molar-refractivity contribution in [1.82, 2.24) is 19.8 Å². The summed E-state index contributed by atoms with van der Waals surface area (Å²) < 4.78 is 6.00. The van der Waals surface area contributed by atoms with Crippen molar-refractivity contribution in [3.63, 3.8) is 0 Å². The average Bonchev–Trinajstić information content (AvgIpc) is 3.37. The summed E-state index contributed by atoms with van der Waals surface area (Å²) in [5.74, 6) is 1.23. The molecule has 9 heteroatoms. The van der Waals surface area contributed by atoms with Gasteiger partial charge in [0.05, 0.1) is 6.20 Å². The monoisotopic (exact) mass is 491 g/mol. The maximum atomic E-state index is 13.6. The first-order chi connectivity index (χ1) is 17.2. The van der Waals surface area contributed by atoms with E-state index in [0.717, 1.165) is 42.2 Å². The number of benzene rings is 1. The first kappa shape index (κ1) is 23.3. The molecule has 5 rings (SSSR count). The molecule has 0 atom stereocenters. The number of carbonyl (C=O) groups excluding carboxylic acids is 2. The number of thiophene rings is 1. The van der Waals surface area contributed by atoms with Crippen molar-refractivity contribution in [2.45, 2.75) is 19.3 Å². The predicted molar refractivity (Wildman–Crippen MR) is 136 cm³/mol. The van der Waals surface area contributed by atoms with Crippen LogP contribution >= 0.6 is 11.3 Å². The maximum absolute atomic E-state index is 13.6. The van der Waals surface area contributed by atoms with Crippen LogP contribution in [0.3, 0.4) is 0 Å². The van der Waals surface area contributed by atoms with Crippen molar-refractivity contribution in [2.75, 3.05) is 50.8 Å². The number of nitrogens with zero attached hydrogens (tertiary/aromatic N) is 5. The lowest BCUT2D eigenvalue weighted by Crippen LogP contribution is -2.49. The fraction of sp³-hybridized carbons (Fsp3) is 0.385. The number of anilines is 1. The maximum Gasteiger partial charge on any atom is 0.267 e. The van der Waals surface area contributed by atoms with Crippen LogP contribution in [0.2, 0.25) is 0 Å². The first-order valence-corrected chi connectivity index (χ1v) is 12.9. The smallest absolute Gasteiger partial charge is 0.267 e. The van der Waals surface area contributed by atoms with Gasteiger partial charge in [-0.1, -0.05) is 30.3 Å². The highest BCUT2D eigenvalue weighted by Gasteiger charge is 2.28. The van der Waals surface area contributed by atoms with Crippen LogP contribution in [-0.4, -0.2) is 77.5 Å². The van der Waals surface area contributed by atoms with Gasteiger partial charge in [-0.25, -0.2) is 4.98 Å². The molecule has 2 aliphatic heterocycles. The Morgan fingerprint density at radius 1 is 0.914 bits per heavy atom. The summed E-state index contributed by atoms with van der Waals surface area (Å²) >= 11 is 1.42. The van der Waals surface area contributed by atoms with Crippen molar-refractivity contribution in [2.24, 2.45) is 0 Å². The van der Waals surface area contributed by atoms with Gasteiger partial charge in [-0.05, 0) is 30.9 Å². The molecular formula is C26H29N5O3S. The molecule has 3 aromatic rings. The zero-order valence-electron chi connectivity index (χ0n) is 19.6. The van der Waals surface area contributed by atoms with E-state index in [1.54, 1.807) is 18.6 Å². The van der Waals surface area contributed by atoms with Gasteiger partial charge in [0, 0.05) is 56.5 Å². The molecular weight excluding hydrogens is 462 g/mol. The zero-order chi connectivity index (χ0) is 24.0. The highest BCUT2D eigenvalue weighted by atomic mass is 32.1. The van der Waals surface area contributed by atoms with E-state index >= 15 is 0 Å². The third-order valence-corrected chi connectivity index (χ3v) is 7.60. The minimum absolute atomic E-state index is 0.0202. The second-order valence-electron chi connectivity index (χ2n) is 8.74. The Morgan fingerprint density at radius 2 is 1.69 bits per heavy atom. The molecule has 0 aliphatic carbocycles. The number of hydrogen-bond acceptors (Lipinski definition) is 7. The number of ether oxygens (including phenoxy) is 1. The molecule has 182 valence electrons. The van der Waals surface area contributed by atoms with Crippen molar-refractivity contribution >= 4 is 29.0 Å². The summed E-state index contributed by atoms with van der Waals surface area (Å²) in [6.07, 6.45) is 8.31. The molecule has 0 radical (unpaired) electrons. The fourth-order valence-electron chi connectivity index (χ4n) is 4.49. The number of carbonyl (C=O) groups is 2. The molecule has 0 bridgehead atoms. The van der Waals surface area contributed by atoms with E-state index in [2.05, 4.69) is 14.9 Å². The lowest BCUT2D eigenvalue weighted by Gasteiger charge is -2.35. The van der Waals surface area contributed by atoms with E-state index in [1.807, 2.05) is 46.2 Å².